The van der Waals surface area contributed by atoms with Gasteiger partial charge in [0.1, 0.15) is 18.0 Å². The lowest BCUT2D eigenvalue weighted by molar-refractivity contribution is -0.0629. The molecule has 4 N–H and O–H groups in total. The zero-order chi connectivity index (χ0) is 37.0. The first-order valence-electron chi connectivity index (χ1n) is 17.3. The maximum atomic E-state index is 14.9. The van der Waals surface area contributed by atoms with E-state index in [4.69, 9.17) is 22.6 Å². The summed E-state index contributed by atoms with van der Waals surface area (Å²) in [5.41, 5.74) is -4.60. The summed E-state index contributed by atoms with van der Waals surface area (Å²) >= 11 is 0.187. The highest BCUT2D eigenvalue weighted by molar-refractivity contribution is 7.99. The first-order valence-corrected chi connectivity index (χ1v) is 11.6. The quantitative estimate of drug-likeness (QED) is 0.227. The molecule has 3 aromatic rings. The van der Waals surface area contributed by atoms with Crippen LogP contribution >= 0.6 is 11.8 Å². The number of anilines is 1. The lowest BCUT2D eigenvalue weighted by Crippen LogP contribution is -2.33. The Bertz CT molecular complexity index is 1780. The number of aromatic nitrogens is 5. The lowest BCUT2D eigenvalue weighted by Gasteiger charge is -2.17. The summed E-state index contributed by atoms with van der Waals surface area (Å²) in [6.45, 7) is -1.52. The Hall–Kier alpha value is -2.38. The van der Waals surface area contributed by atoms with Gasteiger partial charge in [0.15, 0.2) is 22.1 Å². The van der Waals surface area contributed by atoms with Gasteiger partial charge in [0.2, 0.25) is 0 Å². The van der Waals surface area contributed by atoms with Gasteiger partial charge in [-0.05, 0) is 36.8 Å². The van der Waals surface area contributed by atoms with E-state index < -0.39 is 108 Å². The molecule has 2 saturated carbocycles. The van der Waals surface area contributed by atoms with Crippen molar-refractivity contribution in [2.45, 2.75) is 74.4 Å². The molecule has 2 fully saturated rings. The Morgan fingerprint density at radius 1 is 1.39 bits per heavy atom. The van der Waals surface area contributed by atoms with E-state index in [-0.39, 0.29) is 34.9 Å². The monoisotopic (exact) mass is 531 g/mol. The number of halogens is 1. The van der Waals surface area contributed by atoms with E-state index in [0.717, 1.165) is 18.5 Å². The van der Waals surface area contributed by atoms with Crippen molar-refractivity contribution in [3.05, 3.63) is 35.1 Å². The number of nitrogens with zero attached hydrogens (tertiary/aromatic N) is 5. The van der Waals surface area contributed by atoms with Gasteiger partial charge in [-0.3, -0.25) is 0 Å². The number of benzene rings is 1. The molecule has 2 aliphatic rings. The number of thioether (sulfide) groups is 1. The van der Waals surface area contributed by atoms with Crippen molar-refractivity contribution in [2.24, 2.45) is 0 Å². The Labute approximate surface area is 230 Å². The summed E-state index contributed by atoms with van der Waals surface area (Å²) in [5, 5.41) is 40.7. The zero-order valence-electron chi connectivity index (χ0n) is 32.0. The summed E-state index contributed by atoms with van der Waals surface area (Å²) in [4.78, 5) is 8.35. The summed E-state index contributed by atoms with van der Waals surface area (Å²) < 4.78 is 128. The maximum absolute atomic E-state index is 14.9. The molecule has 194 valence electrons. The molecule has 0 amide bonds. The summed E-state index contributed by atoms with van der Waals surface area (Å²) in [7, 11) is 0. The second kappa shape index (κ2) is 10.5. The Kier molecular flexibility index (Phi) is 4.09. The third kappa shape index (κ3) is 4.92. The van der Waals surface area contributed by atoms with Gasteiger partial charge in [-0.15, -0.1) is 5.10 Å². The van der Waals surface area contributed by atoms with Crippen LogP contribution in [0.1, 0.15) is 67.0 Å². The van der Waals surface area contributed by atoms with Crippen molar-refractivity contribution in [2.75, 3.05) is 24.2 Å². The number of hydrogen-bond donors (Lipinski definition) is 4. The Morgan fingerprint density at radius 2 is 2.22 bits per heavy atom. The van der Waals surface area contributed by atoms with Gasteiger partial charge >= 0.3 is 0 Å². The summed E-state index contributed by atoms with van der Waals surface area (Å²) in [6.07, 6.45) is -10.2. The molecular weight excluding hydrogens is 487 g/mol. The largest absolute Gasteiger partial charge is 0.394 e. The fourth-order valence-electron chi connectivity index (χ4n) is 3.85. The molecule has 2 aliphatic carbocycles. The number of hydrogen-bond acceptors (Lipinski definition) is 10. The van der Waals surface area contributed by atoms with Crippen LogP contribution < -0.4 is 5.32 Å². The average molecular weight is 532 g/mol. The number of aliphatic hydroxyl groups is 3. The molecule has 10 nitrogen and oxygen atoms in total. The van der Waals surface area contributed by atoms with Gasteiger partial charge in [0, 0.05) is 33.6 Å². The van der Waals surface area contributed by atoms with Crippen molar-refractivity contribution in [3.63, 3.8) is 0 Å². The number of aliphatic hydroxyl groups excluding tert-OH is 2. The van der Waals surface area contributed by atoms with Crippen LogP contribution in [-0.2, 0) is 4.74 Å². The SMILES string of the molecule is [2H]c1c([2H])c([C@]2([2H])C([2H])([2H])[C@@]2([2H])Nc2nc(SC([2H])([2H])C([2H])([2H])C)nc3c2nnn3[C@@H]2C[C@H](OCC([2H])([2H])O)[C@@H](O)[C@H]2O)c([2H])c(F)c1C. The van der Waals surface area contributed by atoms with Gasteiger partial charge in [-0.1, -0.05) is 36.0 Å². The standard InChI is InChI=1S/C24H31FN6O4S/c1-3-8-36-24-27-22(26-16-10-14(16)13-5-4-12(2)15(25)9-13)19-23(28-24)31(30-29-19)17-11-18(35-7-6-32)21(34)20(17)33/h4-5,9,14,16-18,20-21,32-34H,3,6-8,10-11H2,1-2H3,(H,26,27,28)/t14-,16+,17+,18-,20-,21+/m0/s1/i3D2,4D,5D,6D2,8D2,9D,10D2,14D,16D. The normalized spacial score (nSPS) is 39.6. The van der Waals surface area contributed by atoms with E-state index in [9.17, 15) is 19.7 Å². The third-order valence-electron chi connectivity index (χ3n) is 5.69. The number of fused-ring (bicyclic) bond motifs is 1. The Balaban J connectivity index is 1.63. The number of ether oxygens (including phenoxy) is 1. The van der Waals surface area contributed by atoms with Crippen LogP contribution in [0.15, 0.2) is 23.3 Å². The molecule has 0 spiro atoms. The first-order chi connectivity index (χ1) is 22.2. The predicted octanol–water partition coefficient (Wildman–Crippen LogP) is 2.18. The molecule has 1 aromatic carbocycles. The minimum absolute atomic E-state index is 0.187. The molecule has 2 heterocycles. The molecular formula is C24H31FN6O4S. The van der Waals surface area contributed by atoms with E-state index in [1.165, 1.54) is 0 Å². The maximum Gasteiger partial charge on any atom is 0.191 e. The van der Waals surface area contributed by atoms with Crippen LogP contribution in [0.2, 0.25) is 0 Å². The lowest BCUT2D eigenvalue weighted by atomic mass is 10.1. The van der Waals surface area contributed by atoms with Gasteiger partial charge in [0.05, 0.1) is 33.5 Å². The van der Waals surface area contributed by atoms with Crippen LogP contribution in [0.3, 0.4) is 0 Å². The van der Waals surface area contributed by atoms with E-state index in [2.05, 4.69) is 25.6 Å². The van der Waals surface area contributed by atoms with Crippen LogP contribution in [0.5, 0.6) is 0 Å². The van der Waals surface area contributed by atoms with E-state index in [0.29, 0.717) is 0 Å². The highest BCUT2D eigenvalue weighted by Crippen LogP contribution is 2.44. The highest BCUT2D eigenvalue weighted by Gasteiger charge is 2.45. The highest BCUT2D eigenvalue weighted by atomic mass is 32.2. The predicted molar refractivity (Wildman–Crippen MR) is 133 cm³/mol. The second-order valence-electron chi connectivity index (χ2n) is 8.00. The molecule has 12 heteroatoms. The minimum atomic E-state index is -2.98. The second-order valence-corrected chi connectivity index (χ2v) is 8.77. The van der Waals surface area contributed by atoms with Crippen molar-refractivity contribution in [1.29, 1.82) is 0 Å². The van der Waals surface area contributed by atoms with Crippen molar-refractivity contribution >= 4 is 28.7 Å². The smallest absolute Gasteiger partial charge is 0.191 e. The summed E-state index contributed by atoms with van der Waals surface area (Å²) in [6, 6.07) is -6.65. The average Bonchev–Trinajstić information content (AvgIpc) is 3.35. The van der Waals surface area contributed by atoms with Gasteiger partial charge in [-0.2, -0.15) is 0 Å². The molecule has 2 aromatic heterocycles. The zero-order valence-corrected chi connectivity index (χ0v) is 19.8. The van der Waals surface area contributed by atoms with Crippen LogP contribution in [0.4, 0.5) is 10.2 Å². The summed E-state index contributed by atoms with van der Waals surface area (Å²) in [5.74, 6) is -4.71. The molecule has 0 bridgehead atoms. The van der Waals surface area contributed by atoms with Gasteiger partial charge < -0.3 is 25.4 Å². The van der Waals surface area contributed by atoms with E-state index in [1.54, 1.807) is 0 Å². The fraction of sp³-hybridized carbons (Fsp3) is 0.583. The van der Waals surface area contributed by atoms with Crippen LogP contribution in [0.25, 0.3) is 11.2 Å². The number of nitrogens with one attached hydrogen (secondary N) is 1. The fourth-order valence-corrected chi connectivity index (χ4v) is 4.31. The first kappa shape index (κ1) is 14.0. The molecule has 0 saturated heterocycles. The third-order valence-corrected chi connectivity index (χ3v) is 6.36. The van der Waals surface area contributed by atoms with E-state index >= 15 is 0 Å². The van der Waals surface area contributed by atoms with Crippen molar-refractivity contribution < 1.29 is 42.3 Å². The molecule has 0 unspecified atom stereocenters. The van der Waals surface area contributed by atoms with Crippen LogP contribution in [0, 0.1) is 12.7 Å². The van der Waals surface area contributed by atoms with Crippen molar-refractivity contribution in [3.8, 4) is 0 Å². The molecule has 36 heavy (non-hydrogen) atoms. The number of rotatable bonds is 10. The Morgan fingerprint density at radius 3 is 3.00 bits per heavy atom. The topological polar surface area (TPSA) is 138 Å². The minimum Gasteiger partial charge on any atom is -0.394 e. The molecule has 5 rings (SSSR count). The van der Waals surface area contributed by atoms with E-state index in [1.807, 2.05) is 0 Å². The molecule has 0 aliphatic heterocycles. The van der Waals surface area contributed by atoms with Gasteiger partial charge in [-0.25, -0.2) is 19.0 Å². The molecule has 0 radical (unpaired) electrons. The van der Waals surface area contributed by atoms with Crippen molar-refractivity contribution in [1.82, 2.24) is 25.0 Å². The van der Waals surface area contributed by atoms with Gasteiger partial charge in [0.25, 0.3) is 0 Å². The van der Waals surface area contributed by atoms with Crippen LogP contribution in [-0.4, -0.2) is 83.5 Å². The molecule has 6 atom stereocenters.